The first kappa shape index (κ1) is 11.5. The molecule has 0 bridgehead atoms. The number of hydrogen-bond donors (Lipinski definition) is 1. The van der Waals surface area contributed by atoms with Crippen LogP contribution in [0.4, 0.5) is 5.69 Å². The van der Waals surface area contributed by atoms with Gasteiger partial charge in [-0.2, -0.15) is 0 Å². The molecule has 1 atom stereocenters. The number of likely N-dealkylation sites (N-methyl/N-ethyl adjacent to an activating group) is 1. The van der Waals surface area contributed by atoms with Crippen molar-refractivity contribution in [2.45, 2.75) is 19.5 Å². The molecule has 2 aliphatic rings. The predicted molar refractivity (Wildman–Crippen MR) is 71.9 cm³/mol. The number of anilines is 1. The first-order valence-corrected chi connectivity index (χ1v) is 6.52. The van der Waals surface area contributed by atoms with Crippen molar-refractivity contribution in [2.75, 3.05) is 31.6 Å². The minimum Gasteiger partial charge on any atom is -0.349 e. The van der Waals surface area contributed by atoms with Crippen LogP contribution in [0.2, 0.25) is 0 Å². The van der Waals surface area contributed by atoms with Gasteiger partial charge in [0.25, 0.3) is 5.91 Å². The summed E-state index contributed by atoms with van der Waals surface area (Å²) in [5.41, 5.74) is 3.00. The Balaban J connectivity index is 2.04. The molecule has 0 aromatic heterocycles. The first-order chi connectivity index (χ1) is 8.66. The van der Waals surface area contributed by atoms with E-state index in [9.17, 15) is 4.79 Å². The Morgan fingerprint density at radius 2 is 2.11 bits per heavy atom. The molecule has 2 aliphatic heterocycles. The summed E-state index contributed by atoms with van der Waals surface area (Å²) < 4.78 is 0. The van der Waals surface area contributed by atoms with Gasteiger partial charge in [0.1, 0.15) is 6.17 Å². The summed E-state index contributed by atoms with van der Waals surface area (Å²) in [6.45, 7) is 5.04. The fraction of sp³-hybridized carbons (Fsp3) is 0.500. The van der Waals surface area contributed by atoms with Crippen molar-refractivity contribution in [3.63, 3.8) is 0 Å². The van der Waals surface area contributed by atoms with Gasteiger partial charge in [-0.3, -0.25) is 4.79 Å². The van der Waals surface area contributed by atoms with Crippen molar-refractivity contribution in [1.29, 1.82) is 0 Å². The minimum atomic E-state index is 0.0777. The van der Waals surface area contributed by atoms with E-state index in [0.717, 1.165) is 42.9 Å². The number of hydrogen-bond acceptors (Lipinski definition) is 3. The van der Waals surface area contributed by atoms with E-state index >= 15 is 0 Å². The van der Waals surface area contributed by atoms with Crippen LogP contribution in [0.15, 0.2) is 18.2 Å². The molecule has 0 radical (unpaired) electrons. The van der Waals surface area contributed by atoms with Crippen LogP contribution in [-0.2, 0) is 0 Å². The lowest BCUT2D eigenvalue weighted by Crippen LogP contribution is -2.53. The molecule has 4 heteroatoms. The van der Waals surface area contributed by atoms with E-state index < -0.39 is 0 Å². The molecule has 0 spiro atoms. The molecule has 4 nitrogen and oxygen atoms in total. The molecule has 1 amide bonds. The molecule has 1 aromatic carbocycles. The Hall–Kier alpha value is -1.55. The van der Waals surface area contributed by atoms with Gasteiger partial charge in [0.05, 0.1) is 11.3 Å². The van der Waals surface area contributed by atoms with E-state index in [1.807, 2.05) is 19.1 Å². The van der Waals surface area contributed by atoms with Gasteiger partial charge in [0, 0.05) is 19.6 Å². The molecule has 96 valence electrons. The summed E-state index contributed by atoms with van der Waals surface area (Å²) in [7, 11) is 2.14. The van der Waals surface area contributed by atoms with E-state index in [2.05, 4.69) is 28.2 Å². The Morgan fingerprint density at radius 3 is 2.94 bits per heavy atom. The normalized spacial score (nSPS) is 24.0. The third-order valence-electron chi connectivity index (χ3n) is 3.97. The summed E-state index contributed by atoms with van der Waals surface area (Å²) in [5.74, 6) is 0.0777. The minimum absolute atomic E-state index is 0.0777. The molecule has 0 aliphatic carbocycles. The van der Waals surface area contributed by atoms with E-state index in [4.69, 9.17) is 0 Å². The summed E-state index contributed by atoms with van der Waals surface area (Å²) in [5, 5.41) is 3.14. The number of rotatable bonds is 0. The van der Waals surface area contributed by atoms with Crippen molar-refractivity contribution < 1.29 is 4.79 Å². The fourth-order valence-corrected chi connectivity index (χ4v) is 2.89. The highest BCUT2D eigenvalue weighted by atomic mass is 16.2. The SMILES string of the molecule is Cc1cccc2c1C(=O)N[C@H]1CCN(C)CCN21. The predicted octanol–water partition coefficient (Wildman–Crippen LogP) is 1.21. The van der Waals surface area contributed by atoms with Gasteiger partial charge in [-0.15, -0.1) is 0 Å². The zero-order valence-corrected chi connectivity index (χ0v) is 10.9. The summed E-state index contributed by atoms with van der Waals surface area (Å²) in [6, 6.07) is 6.11. The average Bonchev–Trinajstić information content (AvgIpc) is 2.52. The average molecular weight is 245 g/mol. The van der Waals surface area contributed by atoms with Crippen LogP contribution in [-0.4, -0.2) is 43.7 Å². The molecule has 18 heavy (non-hydrogen) atoms. The molecule has 2 heterocycles. The van der Waals surface area contributed by atoms with Crippen LogP contribution >= 0.6 is 0 Å². The lowest BCUT2D eigenvalue weighted by Gasteiger charge is -2.38. The molecule has 1 fully saturated rings. The molecular weight excluding hydrogens is 226 g/mol. The maximum absolute atomic E-state index is 12.2. The first-order valence-electron chi connectivity index (χ1n) is 6.52. The van der Waals surface area contributed by atoms with Crippen molar-refractivity contribution in [2.24, 2.45) is 0 Å². The van der Waals surface area contributed by atoms with Crippen LogP contribution in [0.25, 0.3) is 0 Å². The second-order valence-electron chi connectivity index (χ2n) is 5.24. The monoisotopic (exact) mass is 245 g/mol. The molecule has 3 rings (SSSR count). The van der Waals surface area contributed by atoms with Gasteiger partial charge in [-0.1, -0.05) is 12.1 Å². The van der Waals surface area contributed by atoms with Gasteiger partial charge in [0.15, 0.2) is 0 Å². The molecule has 1 N–H and O–H groups in total. The van der Waals surface area contributed by atoms with Crippen LogP contribution in [0.1, 0.15) is 22.3 Å². The summed E-state index contributed by atoms with van der Waals surface area (Å²) in [4.78, 5) is 16.9. The lowest BCUT2D eigenvalue weighted by atomic mass is 10.0. The number of nitrogens with zero attached hydrogens (tertiary/aromatic N) is 2. The smallest absolute Gasteiger partial charge is 0.255 e. The maximum atomic E-state index is 12.2. The number of carbonyl (C=O) groups is 1. The van der Waals surface area contributed by atoms with Crippen molar-refractivity contribution in [1.82, 2.24) is 10.2 Å². The van der Waals surface area contributed by atoms with Gasteiger partial charge in [0.2, 0.25) is 0 Å². The van der Waals surface area contributed by atoms with E-state index in [0.29, 0.717) is 0 Å². The van der Waals surface area contributed by atoms with Crippen LogP contribution in [0.5, 0.6) is 0 Å². The number of amides is 1. The summed E-state index contributed by atoms with van der Waals surface area (Å²) >= 11 is 0. The Bertz CT molecular complexity index is 486. The van der Waals surface area contributed by atoms with Gasteiger partial charge in [-0.25, -0.2) is 0 Å². The topological polar surface area (TPSA) is 35.6 Å². The van der Waals surface area contributed by atoms with E-state index in [1.54, 1.807) is 0 Å². The maximum Gasteiger partial charge on any atom is 0.255 e. The molecule has 0 saturated carbocycles. The van der Waals surface area contributed by atoms with Crippen LogP contribution in [0.3, 0.4) is 0 Å². The van der Waals surface area contributed by atoms with Gasteiger partial charge in [-0.05, 0) is 32.0 Å². The number of nitrogens with one attached hydrogen (secondary N) is 1. The van der Waals surface area contributed by atoms with Gasteiger partial charge >= 0.3 is 0 Å². The van der Waals surface area contributed by atoms with E-state index in [1.165, 1.54) is 0 Å². The Morgan fingerprint density at radius 1 is 1.28 bits per heavy atom. The Labute approximate surface area is 108 Å². The fourth-order valence-electron chi connectivity index (χ4n) is 2.89. The lowest BCUT2D eigenvalue weighted by molar-refractivity contribution is 0.0925. The number of aryl methyl sites for hydroxylation is 1. The molecule has 1 aromatic rings. The zero-order chi connectivity index (χ0) is 12.7. The van der Waals surface area contributed by atoms with E-state index in [-0.39, 0.29) is 12.1 Å². The number of benzene rings is 1. The van der Waals surface area contributed by atoms with Crippen LogP contribution in [0, 0.1) is 6.92 Å². The quantitative estimate of drug-likeness (QED) is 0.746. The summed E-state index contributed by atoms with van der Waals surface area (Å²) in [6.07, 6.45) is 1.13. The number of fused-ring (bicyclic) bond motifs is 3. The zero-order valence-electron chi connectivity index (χ0n) is 10.9. The highest BCUT2D eigenvalue weighted by Crippen LogP contribution is 2.30. The van der Waals surface area contributed by atoms with Crippen molar-refractivity contribution in [3.8, 4) is 0 Å². The highest BCUT2D eigenvalue weighted by molar-refractivity contribution is 6.03. The molecular formula is C14H19N3O. The van der Waals surface area contributed by atoms with Crippen molar-refractivity contribution in [3.05, 3.63) is 29.3 Å². The standard InChI is InChI=1S/C14H19N3O/c1-10-4-3-5-11-13(10)14(18)15-12-6-7-16(2)8-9-17(11)12/h3-5,12H,6-9H2,1-2H3,(H,15,18)/t12-/m1/s1. The number of carbonyl (C=O) groups excluding carboxylic acids is 1. The van der Waals surface area contributed by atoms with Gasteiger partial charge < -0.3 is 15.1 Å². The molecule has 1 saturated heterocycles. The largest absolute Gasteiger partial charge is 0.349 e. The van der Waals surface area contributed by atoms with Crippen LogP contribution < -0.4 is 10.2 Å². The Kier molecular flexibility index (Phi) is 2.74. The molecule has 0 unspecified atom stereocenters. The van der Waals surface area contributed by atoms with Crippen molar-refractivity contribution >= 4 is 11.6 Å². The second-order valence-corrected chi connectivity index (χ2v) is 5.24. The third-order valence-corrected chi connectivity index (χ3v) is 3.97. The second kappa shape index (κ2) is 4.28. The third kappa shape index (κ3) is 1.77. The highest BCUT2D eigenvalue weighted by Gasteiger charge is 2.32.